The predicted molar refractivity (Wildman–Crippen MR) is 109 cm³/mol. The fourth-order valence-electron chi connectivity index (χ4n) is 3.68. The molecular weight excluding hydrogens is 382 g/mol. The normalized spacial score (nSPS) is 24.8. The van der Waals surface area contributed by atoms with Gasteiger partial charge < -0.3 is 26.4 Å². The lowest BCUT2D eigenvalue weighted by molar-refractivity contribution is -0.141. The molecular formula is C18H33N5O4S. The zero-order valence-electron chi connectivity index (χ0n) is 16.9. The number of hydrogen-bond donors (Lipinski definition) is 4. The Morgan fingerprint density at radius 2 is 1.96 bits per heavy atom. The molecule has 3 atom stereocenters. The summed E-state index contributed by atoms with van der Waals surface area (Å²) in [6.07, 6.45) is -0.660. The second-order valence-corrected chi connectivity index (χ2v) is 9.72. The van der Waals surface area contributed by atoms with Crippen LogP contribution in [0, 0.1) is 0 Å². The predicted octanol–water partition coefficient (Wildman–Crippen LogP) is -1.64. The summed E-state index contributed by atoms with van der Waals surface area (Å²) in [5.41, 5.74) is 5.41. The molecule has 2 saturated heterocycles. The molecule has 2 fully saturated rings. The Kier molecular flexibility index (Phi) is 8.11. The fraction of sp³-hybridized carbons (Fsp3) is 0.833. The van der Waals surface area contributed by atoms with E-state index in [1.54, 1.807) is 11.8 Å². The molecule has 0 saturated carbocycles. The highest BCUT2D eigenvalue weighted by Crippen LogP contribution is 2.31. The van der Waals surface area contributed by atoms with Gasteiger partial charge in [-0.2, -0.15) is 11.8 Å². The van der Waals surface area contributed by atoms with E-state index in [-0.39, 0.29) is 24.8 Å². The minimum Gasteiger partial charge on any atom is -0.391 e. The van der Waals surface area contributed by atoms with Crippen molar-refractivity contribution in [1.82, 2.24) is 20.4 Å². The number of nitrogens with one attached hydrogen (secondary N) is 2. The summed E-state index contributed by atoms with van der Waals surface area (Å²) >= 11 is 1.62. The van der Waals surface area contributed by atoms with Gasteiger partial charge in [-0.05, 0) is 13.8 Å². The monoisotopic (exact) mass is 415 g/mol. The lowest BCUT2D eigenvalue weighted by atomic mass is 10.0. The third-order valence-electron chi connectivity index (χ3n) is 5.27. The van der Waals surface area contributed by atoms with Crippen LogP contribution in [0.15, 0.2) is 0 Å². The molecule has 0 spiro atoms. The van der Waals surface area contributed by atoms with Gasteiger partial charge in [0.2, 0.25) is 17.7 Å². The molecule has 5 N–H and O–H groups in total. The van der Waals surface area contributed by atoms with Crippen LogP contribution in [0.5, 0.6) is 0 Å². The second kappa shape index (κ2) is 9.91. The number of piperazine rings is 1. The Morgan fingerprint density at radius 3 is 2.54 bits per heavy atom. The number of likely N-dealkylation sites (tertiary alicyclic amines) is 1. The minimum atomic E-state index is -0.847. The van der Waals surface area contributed by atoms with Gasteiger partial charge >= 0.3 is 0 Å². The number of carbonyl (C=O) groups is 3. The first kappa shape index (κ1) is 22.9. The first-order valence-corrected chi connectivity index (χ1v) is 10.7. The van der Waals surface area contributed by atoms with Gasteiger partial charge in [0.1, 0.15) is 12.1 Å². The van der Waals surface area contributed by atoms with Crippen molar-refractivity contribution in [2.45, 2.75) is 50.1 Å². The lowest BCUT2D eigenvalue weighted by Gasteiger charge is -2.37. The number of amides is 3. The van der Waals surface area contributed by atoms with Crippen LogP contribution in [0.3, 0.4) is 0 Å². The maximum Gasteiger partial charge on any atom is 0.247 e. The second-order valence-electron chi connectivity index (χ2n) is 7.98. The molecule has 0 radical (unpaired) electrons. The van der Waals surface area contributed by atoms with Crippen molar-refractivity contribution in [2.75, 3.05) is 45.0 Å². The van der Waals surface area contributed by atoms with Crippen LogP contribution in [0.2, 0.25) is 0 Å². The third-order valence-corrected chi connectivity index (χ3v) is 6.64. The first-order chi connectivity index (χ1) is 13.1. The summed E-state index contributed by atoms with van der Waals surface area (Å²) < 4.78 is -0.591. The standard InChI is InChI=1S/C18H33N5O4S/c1-12(24)21-15(17(27)23-11-13(25)10-14(23)16(19)26)18(2,3)28-9-8-22-6-4-20-5-7-22/h13-15,20,25H,4-11H2,1-3H3,(H2,19,26)(H,21,24)/t13-,14+,15-/m1/s1. The van der Waals surface area contributed by atoms with Crippen molar-refractivity contribution in [3.63, 3.8) is 0 Å². The number of aliphatic hydroxyl groups excluding tert-OH is 1. The van der Waals surface area contributed by atoms with E-state index in [1.807, 2.05) is 13.8 Å². The highest BCUT2D eigenvalue weighted by molar-refractivity contribution is 8.00. The van der Waals surface area contributed by atoms with Gasteiger partial charge in [-0.15, -0.1) is 0 Å². The average molecular weight is 416 g/mol. The zero-order chi connectivity index (χ0) is 20.9. The number of nitrogens with two attached hydrogens (primary N) is 1. The summed E-state index contributed by atoms with van der Waals surface area (Å²) in [4.78, 5) is 40.4. The van der Waals surface area contributed by atoms with Gasteiger partial charge in [-0.1, -0.05) is 0 Å². The molecule has 160 valence electrons. The number of rotatable bonds is 8. The SMILES string of the molecule is CC(=O)N[C@H](C(=O)N1C[C@H](O)C[C@H]1C(N)=O)C(C)(C)SCCN1CCNCC1. The van der Waals surface area contributed by atoms with Crippen LogP contribution in [-0.2, 0) is 14.4 Å². The molecule has 0 aromatic heterocycles. The number of thioether (sulfide) groups is 1. The summed E-state index contributed by atoms with van der Waals surface area (Å²) in [5.74, 6) is -0.520. The molecule has 2 heterocycles. The lowest BCUT2D eigenvalue weighted by Crippen LogP contribution is -2.59. The smallest absolute Gasteiger partial charge is 0.247 e. The molecule has 3 amide bonds. The molecule has 2 rings (SSSR count). The number of nitrogens with zero attached hydrogens (tertiary/aromatic N) is 2. The van der Waals surface area contributed by atoms with Gasteiger partial charge in [0, 0.05) is 63.1 Å². The van der Waals surface area contributed by atoms with Crippen molar-refractivity contribution in [1.29, 1.82) is 0 Å². The quantitative estimate of drug-likeness (QED) is 0.374. The van der Waals surface area contributed by atoms with Crippen molar-refractivity contribution in [3.05, 3.63) is 0 Å². The number of hydrogen-bond acceptors (Lipinski definition) is 7. The Balaban J connectivity index is 2.06. The molecule has 28 heavy (non-hydrogen) atoms. The van der Waals surface area contributed by atoms with Gasteiger partial charge in [0.25, 0.3) is 0 Å². The summed E-state index contributed by atoms with van der Waals surface area (Å²) in [6, 6.07) is -1.66. The molecule has 0 bridgehead atoms. The average Bonchev–Trinajstić information content (AvgIpc) is 3.02. The van der Waals surface area contributed by atoms with Crippen LogP contribution >= 0.6 is 11.8 Å². The Morgan fingerprint density at radius 1 is 1.32 bits per heavy atom. The Hall–Kier alpha value is -1.36. The van der Waals surface area contributed by atoms with Gasteiger partial charge in [0.15, 0.2) is 0 Å². The molecule has 0 aliphatic carbocycles. The van der Waals surface area contributed by atoms with Crippen molar-refractivity contribution < 1.29 is 19.5 Å². The first-order valence-electron chi connectivity index (χ1n) is 9.74. The maximum absolute atomic E-state index is 13.2. The number of aliphatic hydroxyl groups is 1. The molecule has 0 unspecified atom stereocenters. The van der Waals surface area contributed by atoms with Crippen LogP contribution in [0.25, 0.3) is 0 Å². The third kappa shape index (κ3) is 6.07. The van der Waals surface area contributed by atoms with Gasteiger partial charge in [0.05, 0.1) is 6.10 Å². The van der Waals surface area contributed by atoms with E-state index in [4.69, 9.17) is 5.73 Å². The van der Waals surface area contributed by atoms with Gasteiger partial charge in [-0.3, -0.25) is 19.3 Å². The highest BCUT2D eigenvalue weighted by atomic mass is 32.2. The Labute approximate surface area is 170 Å². The maximum atomic E-state index is 13.2. The molecule has 9 nitrogen and oxygen atoms in total. The van der Waals surface area contributed by atoms with E-state index in [0.29, 0.717) is 0 Å². The molecule has 0 aromatic rings. The van der Waals surface area contributed by atoms with E-state index in [9.17, 15) is 19.5 Å². The van der Waals surface area contributed by atoms with E-state index in [2.05, 4.69) is 15.5 Å². The van der Waals surface area contributed by atoms with Crippen LogP contribution < -0.4 is 16.4 Å². The zero-order valence-corrected chi connectivity index (χ0v) is 17.8. The summed E-state index contributed by atoms with van der Waals surface area (Å²) in [7, 11) is 0. The van der Waals surface area contributed by atoms with Crippen molar-refractivity contribution in [2.24, 2.45) is 5.73 Å². The van der Waals surface area contributed by atoms with Crippen LogP contribution in [-0.4, -0.2) is 101 Å². The van der Waals surface area contributed by atoms with Crippen LogP contribution in [0.1, 0.15) is 27.2 Å². The Bertz CT molecular complexity index is 582. The minimum absolute atomic E-state index is 0.0457. The fourth-order valence-corrected chi connectivity index (χ4v) is 4.89. The summed E-state index contributed by atoms with van der Waals surface area (Å²) in [5, 5.41) is 16.0. The van der Waals surface area contributed by atoms with Crippen molar-refractivity contribution >= 4 is 29.5 Å². The number of carbonyl (C=O) groups excluding carboxylic acids is 3. The van der Waals surface area contributed by atoms with Crippen LogP contribution in [0.4, 0.5) is 0 Å². The molecule has 10 heteroatoms. The highest BCUT2D eigenvalue weighted by Gasteiger charge is 2.45. The largest absolute Gasteiger partial charge is 0.391 e. The van der Waals surface area contributed by atoms with E-state index in [1.165, 1.54) is 11.8 Å². The number of β-amino-alcohol motifs (C(OH)–C–C–N with tert-alkyl or cyclic N) is 1. The molecule has 0 aromatic carbocycles. The van der Waals surface area contributed by atoms with E-state index in [0.717, 1.165) is 38.5 Å². The van der Waals surface area contributed by atoms with E-state index < -0.39 is 28.8 Å². The van der Waals surface area contributed by atoms with Crippen molar-refractivity contribution in [3.8, 4) is 0 Å². The molecule has 2 aliphatic heterocycles. The number of primary amides is 1. The topological polar surface area (TPSA) is 128 Å². The van der Waals surface area contributed by atoms with E-state index >= 15 is 0 Å². The molecule has 2 aliphatic rings. The van der Waals surface area contributed by atoms with Gasteiger partial charge in [-0.25, -0.2) is 0 Å². The summed E-state index contributed by atoms with van der Waals surface area (Å²) in [6.45, 7) is 10.1.